The maximum atomic E-state index is 12.2. The maximum absolute atomic E-state index is 12.2. The molecule has 2 atom stereocenters. The van der Waals surface area contributed by atoms with Crippen molar-refractivity contribution in [3.8, 4) is 0 Å². The fourth-order valence-electron chi connectivity index (χ4n) is 3.90. The SMILES string of the molecule is CCCC1(N2CCC[C@H]2C(=O)OC)CC(=O)C(C)=C1C. The number of allylic oxidation sites excluding steroid dienone is 1. The third kappa shape index (κ3) is 2.20. The monoisotopic (exact) mass is 279 g/mol. The van der Waals surface area contributed by atoms with Crippen LogP contribution in [0.1, 0.15) is 52.9 Å². The summed E-state index contributed by atoms with van der Waals surface area (Å²) in [7, 11) is 1.44. The van der Waals surface area contributed by atoms with E-state index in [2.05, 4.69) is 18.7 Å². The van der Waals surface area contributed by atoms with Crippen LogP contribution in [0.25, 0.3) is 0 Å². The standard InChI is InChI=1S/C16H25NO3/c1-5-8-16(10-14(18)11(2)12(16)3)17-9-6-7-13(17)15(19)20-4/h13H,5-10H2,1-4H3/t13-,16?/m0/s1. The number of carbonyl (C=O) groups is 2. The predicted octanol–water partition coefficient (Wildman–Crippen LogP) is 2.47. The maximum Gasteiger partial charge on any atom is 0.323 e. The highest BCUT2D eigenvalue weighted by molar-refractivity contribution is 6.00. The zero-order valence-corrected chi connectivity index (χ0v) is 13.0. The van der Waals surface area contributed by atoms with Gasteiger partial charge in [0.1, 0.15) is 6.04 Å². The van der Waals surface area contributed by atoms with Gasteiger partial charge in [-0.1, -0.05) is 13.3 Å². The normalized spacial score (nSPS) is 31.2. The number of hydrogen-bond donors (Lipinski definition) is 0. The van der Waals surface area contributed by atoms with Gasteiger partial charge in [0.15, 0.2) is 5.78 Å². The van der Waals surface area contributed by atoms with Gasteiger partial charge in [-0.2, -0.15) is 0 Å². The molecule has 0 radical (unpaired) electrons. The number of carbonyl (C=O) groups excluding carboxylic acids is 2. The minimum absolute atomic E-state index is 0.164. The van der Waals surface area contributed by atoms with E-state index < -0.39 is 0 Å². The smallest absolute Gasteiger partial charge is 0.323 e. The van der Waals surface area contributed by atoms with Crippen molar-refractivity contribution < 1.29 is 14.3 Å². The summed E-state index contributed by atoms with van der Waals surface area (Å²) in [6, 6.07) is -0.194. The number of hydrogen-bond acceptors (Lipinski definition) is 4. The second-order valence-corrected chi connectivity index (χ2v) is 6.01. The highest BCUT2D eigenvalue weighted by atomic mass is 16.5. The van der Waals surface area contributed by atoms with Crippen LogP contribution < -0.4 is 0 Å². The quantitative estimate of drug-likeness (QED) is 0.742. The van der Waals surface area contributed by atoms with Gasteiger partial charge in [-0.25, -0.2) is 0 Å². The van der Waals surface area contributed by atoms with Crippen LogP contribution in [-0.4, -0.2) is 41.9 Å². The summed E-state index contributed by atoms with van der Waals surface area (Å²) < 4.78 is 4.95. The molecule has 0 aromatic rings. The lowest BCUT2D eigenvalue weighted by Crippen LogP contribution is -2.53. The van der Waals surface area contributed by atoms with E-state index in [1.54, 1.807) is 0 Å². The average molecular weight is 279 g/mol. The molecule has 20 heavy (non-hydrogen) atoms. The Morgan fingerprint density at radius 3 is 2.65 bits per heavy atom. The van der Waals surface area contributed by atoms with Crippen LogP contribution >= 0.6 is 0 Å². The Hall–Kier alpha value is -1.16. The summed E-state index contributed by atoms with van der Waals surface area (Å²) in [5, 5.41) is 0. The number of likely N-dealkylation sites (tertiary alicyclic amines) is 1. The Labute approximate surface area is 121 Å². The van der Waals surface area contributed by atoms with Crippen LogP contribution in [0.2, 0.25) is 0 Å². The zero-order chi connectivity index (χ0) is 14.9. The summed E-state index contributed by atoms with van der Waals surface area (Å²) in [5.74, 6) is 0.0641. The van der Waals surface area contributed by atoms with Gasteiger partial charge in [0, 0.05) is 6.42 Å². The second-order valence-electron chi connectivity index (χ2n) is 6.01. The fraction of sp³-hybridized carbons (Fsp3) is 0.750. The first-order valence-electron chi connectivity index (χ1n) is 7.53. The summed E-state index contributed by atoms with van der Waals surface area (Å²) in [4.78, 5) is 26.5. The number of nitrogens with zero attached hydrogens (tertiary/aromatic N) is 1. The molecule has 4 nitrogen and oxygen atoms in total. The van der Waals surface area contributed by atoms with E-state index in [1.165, 1.54) is 7.11 Å². The van der Waals surface area contributed by atoms with Crippen molar-refractivity contribution in [2.24, 2.45) is 0 Å². The molecule has 0 saturated carbocycles. The summed E-state index contributed by atoms with van der Waals surface area (Å²) in [6.45, 7) is 6.98. The molecule has 1 aliphatic heterocycles. The lowest BCUT2D eigenvalue weighted by atomic mass is 9.84. The Kier molecular flexibility index (Phi) is 4.33. The van der Waals surface area contributed by atoms with Gasteiger partial charge < -0.3 is 4.74 Å². The highest BCUT2D eigenvalue weighted by Crippen LogP contribution is 2.44. The fourth-order valence-corrected chi connectivity index (χ4v) is 3.90. The molecule has 0 amide bonds. The molecule has 4 heteroatoms. The summed E-state index contributed by atoms with van der Waals surface area (Å²) in [6.07, 6.45) is 4.27. The van der Waals surface area contributed by atoms with Crippen molar-refractivity contribution in [2.75, 3.05) is 13.7 Å². The summed E-state index contributed by atoms with van der Waals surface area (Å²) in [5.41, 5.74) is 1.78. The molecule has 1 heterocycles. The van der Waals surface area contributed by atoms with E-state index in [1.807, 2.05) is 6.92 Å². The van der Waals surface area contributed by atoms with Crippen LogP contribution in [0.3, 0.4) is 0 Å². The van der Waals surface area contributed by atoms with Gasteiger partial charge in [0.2, 0.25) is 0 Å². The van der Waals surface area contributed by atoms with E-state index in [4.69, 9.17) is 4.74 Å². The Balaban J connectivity index is 2.39. The Bertz CT molecular complexity index is 455. The van der Waals surface area contributed by atoms with Crippen molar-refractivity contribution in [3.63, 3.8) is 0 Å². The van der Waals surface area contributed by atoms with Crippen LogP contribution in [0.15, 0.2) is 11.1 Å². The van der Waals surface area contributed by atoms with Gasteiger partial charge in [0.05, 0.1) is 12.6 Å². The van der Waals surface area contributed by atoms with Gasteiger partial charge >= 0.3 is 5.97 Å². The van der Waals surface area contributed by atoms with Crippen molar-refractivity contribution in [1.82, 2.24) is 4.90 Å². The molecule has 0 bridgehead atoms. The topological polar surface area (TPSA) is 46.6 Å². The number of Topliss-reactive ketones (excluding diaryl/α,β-unsaturated/α-hetero) is 1. The molecule has 0 N–H and O–H groups in total. The van der Waals surface area contributed by atoms with E-state index in [0.29, 0.717) is 6.42 Å². The van der Waals surface area contributed by atoms with Crippen LogP contribution in [0.4, 0.5) is 0 Å². The highest BCUT2D eigenvalue weighted by Gasteiger charge is 2.50. The minimum atomic E-state index is -0.259. The third-order valence-corrected chi connectivity index (χ3v) is 5.07. The molecule has 2 rings (SSSR count). The molecule has 0 aromatic heterocycles. The second kappa shape index (κ2) is 5.68. The Morgan fingerprint density at radius 2 is 2.15 bits per heavy atom. The molecule has 1 aliphatic carbocycles. The van der Waals surface area contributed by atoms with Crippen LogP contribution in [0.5, 0.6) is 0 Å². The molecule has 0 spiro atoms. The van der Waals surface area contributed by atoms with E-state index >= 15 is 0 Å². The van der Waals surface area contributed by atoms with Crippen molar-refractivity contribution in [1.29, 1.82) is 0 Å². The number of esters is 1. The van der Waals surface area contributed by atoms with Gasteiger partial charge in [-0.05, 0) is 50.8 Å². The minimum Gasteiger partial charge on any atom is -0.468 e. The zero-order valence-electron chi connectivity index (χ0n) is 13.0. The largest absolute Gasteiger partial charge is 0.468 e. The van der Waals surface area contributed by atoms with Crippen molar-refractivity contribution in [2.45, 2.75) is 64.5 Å². The molecule has 0 aromatic carbocycles. The molecule has 2 aliphatic rings. The lowest BCUT2D eigenvalue weighted by Gasteiger charge is -2.42. The molecule has 1 unspecified atom stereocenters. The molecule has 1 saturated heterocycles. The molecular formula is C16H25NO3. The van der Waals surface area contributed by atoms with Crippen molar-refractivity contribution >= 4 is 11.8 Å². The van der Waals surface area contributed by atoms with E-state index in [-0.39, 0.29) is 23.3 Å². The molecular weight excluding hydrogens is 254 g/mol. The first-order valence-corrected chi connectivity index (χ1v) is 7.53. The lowest BCUT2D eigenvalue weighted by molar-refractivity contribution is -0.148. The van der Waals surface area contributed by atoms with Crippen molar-refractivity contribution in [3.05, 3.63) is 11.1 Å². The van der Waals surface area contributed by atoms with Gasteiger partial charge in [-0.15, -0.1) is 0 Å². The number of methoxy groups -OCH3 is 1. The number of ether oxygens (including phenoxy) is 1. The summed E-state index contributed by atoms with van der Waals surface area (Å²) >= 11 is 0. The van der Waals surface area contributed by atoms with E-state index in [9.17, 15) is 9.59 Å². The van der Waals surface area contributed by atoms with E-state index in [0.717, 1.165) is 43.4 Å². The number of rotatable bonds is 4. The number of ketones is 1. The van der Waals surface area contributed by atoms with Gasteiger partial charge in [-0.3, -0.25) is 14.5 Å². The predicted molar refractivity (Wildman–Crippen MR) is 77.4 cm³/mol. The molecule has 1 fully saturated rings. The first-order chi connectivity index (χ1) is 9.47. The third-order valence-electron chi connectivity index (χ3n) is 5.07. The van der Waals surface area contributed by atoms with Crippen LogP contribution in [-0.2, 0) is 14.3 Å². The van der Waals surface area contributed by atoms with Gasteiger partial charge in [0.25, 0.3) is 0 Å². The Morgan fingerprint density at radius 1 is 1.45 bits per heavy atom. The van der Waals surface area contributed by atoms with Crippen LogP contribution in [0, 0.1) is 0 Å². The molecule has 112 valence electrons. The average Bonchev–Trinajstić information content (AvgIpc) is 3.00. The first kappa shape index (κ1) is 15.2.